The number of para-hydroxylation sites is 5. The third kappa shape index (κ3) is 2.70. The molecule has 0 amide bonds. The summed E-state index contributed by atoms with van der Waals surface area (Å²) in [4.78, 5) is 6.83. The first kappa shape index (κ1) is 20.7. The highest BCUT2D eigenvalue weighted by Gasteiger charge is 2.28. The summed E-state index contributed by atoms with van der Waals surface area (Å²) in [7, 11) is 0. The Balaban J connectivity index is 1.47. The normalized spacial score (nSPS) is 12.6. The van der Waals surface area contributed by atoms with Gasteiger partial charge >= 0.3 is 0 Å². The Morgan fingerprint density at radius 3 is 1.95 bits per heavy atom. The first-order chi connectivity index (χ1) is 19.4. The molecule has 4 heterocycles. The van der Waals surface area contributed by atoms with E-state index in [1.165, 1.54) is 60.7 Å². The third-order valence-electron chi connectivity index (χ3n) is 8.08. The molecule has 4 nitrogen and oxygen atoms in total. The number of nitrogens with zero attached hydrogens (tertiary/aromatic N) is 4. The molecule has 0 saturated heterocycles. The monoisotopic (exact) mass is 498 g/mol. The molecular weight excluding hydrogens is 476 g/mol. The number of fused-ring (bicyclic) bond motifs is 8. The van der Waals surface area contributed by atoms with Crippen molar-refractivity contribution < 1.29 is 0 Å². The summed E-state index contributed by atoms with van der Waals surface area (Å²) < 4.78 is 4.80. The van der Waals surface area contributed by atoms with Crippen molar-refractivity contribution in [1.29, 1.82) is 0 Å². The summed E-state index contributed by atoms with van der Waals surface area (Å²) in [6, 6.07) is 43.7. The van der Waals surface area contributed by atoms with E-state index in [4.69, 9.17) is 0 Å². The number of pyridine rings is 1. The molecule has 0 N–H and O–H groups in total. The van der Waals surface area contributed by atoms with Crippen LogP contribution in [-0.4, -0.2) is 14.1 Å². The lowest BCUT2D eigenvalue weighted by Crippen LogP contribution is -2.17. The van der Waals surface area contributed by atoms with Gasteiger partial charge in [0.05, 0.1) is 51.0 Å². The molecule has 0 unspecified atom stereocenters. The molecule has 3 aromatic heterocycles. The van der Waals surface area contributed by atoms with Crippen LogP contribution < -0.4 is 4.90 Å². The standard InChI is InChI=1S/C35H22N4/c1-2-10-23(11-3-1)37-30-16-6-7-17-31(30)39-34-20-27-25-13-4-5-15-29(25)38(24-12-9-19-36-22-24)33(27)21-28(34)26-14-8-18-32(37)35(26)39/h1-22H. The molecule has 4 heteroatoms. The second kappa shape index (κ2) is 7.59. The fraction of sp³-hybridized carbons (Fsp3) is 0. The SMILES string of the molecule is c1ccc(N2c3ccccc3-n3c4cc5c6ccccc6n(-c6cccnc6)c5cc4c4cccc2c43)cc1. The van der Waals surface area contributed by atoms with E-state index in [0.717, 1.165) is 11.4 Å². The molecule has 1 aliphatic rings. The molecule has 182 valence electrons. The van der Waals surface area contributed by atoms with E-state index in [1.54, 1.807) is 0 Å². The van der Waals surface area contributed by atoms with Gasteiger partial charge in [0.15, 0.2) is 0 Å². The van der Waals surface area contributed by atoms with Crippen LogP contribution in [-0.2, 0) is 0 Å². The zero-order valence-corrected chi connectivity index (χ0v) is 21.0. The highest BCUT2D eigenvalue weighted by molar-refractivity contribution is 6.22. The van der Waals surface area contributed by atoms with Crippen LogP contribution >= 0.6 is 0 Å². The number of aromatic nitrogens is 3. The van der Waals surface area contributed by atoms with Crippen LogP contribution in [0, 0.1) is 0 Å². The lowest BCUT2D eigenvalue weighted by Gasteiger charge is -2.33. The van der Waals surface area contributed by atoms with E-state index in [2.05, 4.69) is 134 Å². The quantitative estimate of drug-likeness (QED) is 0.238. The van der Waals surface area contributed by atoms with Gasteiger partial charge in [0.2, 0.25) is 0 Å². The van der Waals surface area contributed by atoms with Crippen molar-refractivity contribution in [3.8, 4) is 11.4 Å². The van der Waals surface area contributed by atoms with Gasteiger partial charge in [-0.1, -0.05) is 60.7 Å². The Kier molecular flexibility index (Phi) is 4.02. The van der Waals surface area contributed by atoms with Gasteiger partial charge in [-0.05, 0) is 60.7 Å². The molecule has 0 saturated carbocycles. The van der Waals surface area contributed by atoms with Crippen molar-refractivity contribution in [1.82, 2.24) is 14.1 Å². The van der Waals surface area contributed by atoms with E-state index in [-0.39, 0.29) is 0 Å². The van der Waals surface area contributed by atoms with Crippen LogP contribution in [0.4, 0.5) is 17.1 Å². The van der Waals surface area contributed by atoms with Gasteiger partial charge in [-0.25, -0.2) is 0 Å². The van der Waals surface area contributed by atoms with Crippen LogP contribution in [0.15, 0.2) is 134 Å². The first-order valence-corrected chi connectivity index (χ1v) is 13.2. The van der Waals surface area contributed by atoms with Crippen molar-refractivity contribution in [2.45, 2.75) is 0 Å². The Labute approximate surface area is 224 Å². The predicted octanol–water partition coefficient (Wildman–Crippen LogP) is 9.06. The summed E-state index contributed by atoms with van der Waals surface area (Å²) in [5, 5.41) is 4.98. The summed E-state index contributed by atoms with van der Waals surface area (Å²) >= 11 is 0. The van der Waals surface area contributed by atoms with E-state index < -0.39 is 0 Å². The fourth-order valence-electron chi connectivity index (χ4n) is 6.53. The topological polar surface area (TPSA) is 26.0 Å². The minimum Gasteiger partial charge on any atom is -0.308 e. The van der Waals surface area contributed by atoms with Crippen LogP contribution in [0.2, 0.25) is 0 Å². The zero-order chi connectivity index (χ0) is 25.5. The number of anilines is 3. The minimum absolute atomic E-state index is 1.07. The molecule has 5 aromatic carbocycles. The highest BCUT2D eigenvalue weighted by Crippen LogP contribution is 2.50. The molecule has 1 aliphatic heterocycles. The smallest absolute Gasteiger partial charge is 0.0783 e. The minimum atomic E-state index is 1.07. The van der Waals surface area contributed by atoms with Gasteiger partial charge in [0, 0.05) is 33.4 Å². The first-order valence-electron chi connectivity index (χ1n) is 13.2. The van der Waals surface area contributed by atoms with Gasteiger partial charge in [-0.15, -0.1) is 0 Å². The van der Waals surface area contributed by atoms with Gasteiger partial charge in [-0.3, -0.25) is 4.98 Å². The van der Waals surface area contributed by atoms with Gasteiger partial charge in [-0.2, -0.15) is 0 Å². The molecule has 0 fully saturated rings. The molecule has 39 heavy (non-hydrogen) atoms. The maximum atomic E-state index is 4.44. The summed E-state index contributed by atoms with van der Waals surface area (Å²) in [5.41, 5.74) is 10.6. The van der Waals surface area contributed by atoms with Gasteiger partial charge < -0.3 is 14.0 Å². The maximum absolute atomic E-state index is 4.44. The van der Waals surface area contributed by atoms with E-state index in [1.807, 2.05) is 18.5 Å². The molecule has 8 aromatic rings. The molecule has 0 atom stereocenters. The van der Waals surface area contributed by atoms with Crippen LogP contribution in [0.3, 0.4) is 0 Å². The third-order valence-corrected chi connectivity index (χ3v) is 8.08. The predicted molar refractivity (Wildman–Crippen MR) is 161 cm³/mol. The van der Waals surface area contributed by atoms with Gasteiger partial charge in [0.25, 0.3) is 0 Å². The van der Waals surface area contributed by atoms with Crippen molar-refractivity contribution in [3.05, 3.63) is 134 Å². The Bertz CT molecular complexity index is 2220. The summed E-state index contributed by atoms with van der Waals surface area (Å²) in [5.74, 6) is 0. The second-order valence-electron chi connectivity index (χ2n) is 10.1. The van der Waals surface area contributed by atoms with Crippen molar-refractivity contribution in [2.75, 3.05) is 4.90 Å². The second-order valence-corrected chi connectivity index (χ2v) is 10.1. The largest absolute Gasteiger partial charge is 0.308 e. The Morgan fingerprint density at radius 1 is 0.436 bits per heavy atom. The van der Waals surface area contributed by atoms with Crippen molar-refractivity contribution in [2.24, 2.45) is 0 Å². The van der Waals surface area contributed by atoms with Gasteiger partial charge in [0.1, 0.15) is 0 Å². The number of hydrogen-bond donors (Lipinski definition) is 0. The number of rotatable bonds is 2. The Morgan fingerprint density at radius 2 is 1.10 bits per heavy atom. The van der Waals surface area contributed by atoms with Crippen LogP contribution in [0.1, 0.15) is 0 Å². The highest BCUT2D eigenvalue weighted by atomic mass is 15.2. The van der Waals surface area contributed by atoms with Crippen LogP contribution in [0.25, 0.3) is 55.0 Å². The lowest BCUT2D eigenvalue weighted by atomic mass is 10.1. The van der Waals surface area contributed by atoms with E-state index in [0.29, 0.717) is 0 Å². The molecule has 9 rings (SSSR count). The van der Waals surface area contributed by atoms with Crippen molar-refractivity contribution in [3.63, 3.8) is 0 Å². The maximum Gasteiger partial charge on any atom is 0.0783 e. The average molecular weight is 499 g/mol. The molecule has 0 radical (unpaired) electrons. The molecule has 0 aliphatic carbocycles. The molecule has 0 bridgehead atoms. The van der Waals surface area contributed by atoms with E-state index >= 15 is 0 Å². The fourth-order valence-corrected chi connectivity index (χ4v) is 6.53. The Hall–Kier alpha value is -5.35. The summed E-state index contributed by atoms with van der Waals surface area (Å²) in [6.07, 6.45) is 3.77. The average Bonchev–Trinajstić information content (AvgIpc) is 3.50. The van der Waals surface area contributed by atoms with Crippen molar-refractivity contribution >= 4 is 60.7 Å². The number of benzene rings is 5. The lowest BCUT2D eigenvalue weighted by molar-refractivity contribution is 1.11. The number of hydrogen-bond acceptors (Lipinski definition) is 2. The van der Waals surface area contributed by atoms with E-state index in [9.17, 15) is 0 Å². The molecular formula is C35H22N4. The van der Waals surface area contributed by atoms with Crippen LogP contribution in [0.5, 0.6) is 0 Å². The zero-order valence-electron chi connectivity index (χ0n) is 21.0. The molecule has 0 spiro atoms. The summed E-state index contributed by atoms with van der Waals surface area (Å²) in [6.45, 7) is 0.